The van der Waals surface area contributed by atoms with Gasteiger partial charge in [-0.1, -0.05) is 6.07 Å². The largest absolute Gasteiger partial charge is 0.486 e. The molecule has 2 aliphatic heterocycles. The van der Waals surface area contributed by atoms with Gasteiger partial charge in [-0.2, -0.15) is 4.98 Å². The second-order valence-corrected chi connectivity index (χ2v) is 10.5. The van der Waals surface area contributed by atoms with Crippen LogP contribution < -0.4 is 14.8 Å². The third-order valence-electron chi connectivity index (χ3n) is 5.45. The Labute approximate surface area is 196 Å². The number of nitrogens with one attached hydrogen (secondary N) is 1. The molecule has 1 saturated heterocycles. The number of sulfone groups is 1. The van der Waals surface area contributed by atoms with Crippen molar-refractivity contribution in [1.82, 2.24) is 9.88 Å². The zero-order valence-electron chi connectivity index (χ0n) is 18.0. The Hall–Kier alpha value is -2.60. The standard InChI is InChI=1S/C22H25N3O6S2/c26-33(27,16-4-5-17-18(15-16)30-13-12-29-17)22-21(31-20(24-22)19-3-1-14-32-19)23-6-2-7-25-8-10-28-11-9-25/h1,3-5,14-15,23H,2,6-13H2. The lowest BCUT2D eigenvalue weighted by molar-refractivity contribution is 0.0378. The van der Waals surface area contributed by atoms with E-state index >= 15 is 0 Å². The van der Waals surface area contributed by atoms with Crippen molar-refractivity contribution in [1.29, 1.82) is 0 Å². The molecular weight excluding hydrogens is 466 g/mol. The quantitative estimate of drug-likeness (QED) is 0.476. The number of morpholine rings is 1. The van der Waals surface area contributed by atoms with Crippen LogP contribution >= 0.6 is 11.3 Å². The molecule has 2 aliphatic rings. The van der Waals surface area contributed by atoms with Gasteiger partial charge in [-0.25, -0.2) is 8.42 Å². The van der Waals surface area contributed by atoms with E-state index in [-0.39, 0.29) is 21.7 Å². The van der Waals surface area contributed by atoms with Crippen molar-refractivity contribution in [3.63, 3.8) is 0 Å². The minimum Gasteiger partial charge on any atom is -0.486 e. The summed E-state index contributed by atoms with van der Waals surface area (Å²) < 4.78 is 49.4. The highest BCUT2D eigenvalue weighted by atomic mass is 32.2. The molecule has 3 aromatic rings. The second-order valence-electron chi connectivity index (χ2n) is 7.67. The fourth-order valence-electron chi connectivity index (χ4n) is 3.74. The van der Waals surface area contributed by atoms with E-state index in [1.165, 1.54) is 23.5 Å². The predicted octanol–water partition coefficient (Wildman–Crippen LogP) is 3.14. The van der Waals surface area contributed by atoms with Crippen molar-refractivity contribution < 1.29 is 27.0 Å². The summed E-state index contributed by atoms with van der Waals surface area (Å²) in [5.41, 5.74) is 0. The maximum atomic E-state index is 13.5. The monoisotopic (exact) mass is 491 g/mol. The van der Waals surface area contributed by atoms with Crippen LogP contribution in [0.3, 0.4) is 0 Å². The average Bonchev–Trinajstić information content (AvgIpc) is 3.53. The smallest absolute Gasteiger partial charge is 0.240 e. The maximum absolute atomic E-state index is 13.5. The maximum Gasteiger partial charge on any atom is 0.240 e. The number of hydrogen-bond acceptors (Lipinski definition) is 10. The van der Waals surface area contributed by atoms with Gasteiger partial charge in [0.25, 0.3) is 0 Å². The predicted molar refractivity (Wildman–Crippen MR) is 123 cm³/mol. The number of benzene rings is 1. The van der Waals surface area contributed by atoms with Crippen molar-refractivity contribution in [2.45, 2.75) is 16.3 Å². The molecule has 11 heteroatoms. The van der Waals surface area contributed by atoms with Crippen LogP contribution in [-0.2, 0) is 14.6 Å². The minimum absolute atomic E-state index is 0.0779. The van der Waals surface area contributed by atoms with Crippen LogP contribution in [0.25, 0.3) is 10.8 Å². The molecule has 0 spiro atoms. The highest BCUT2D eigenvalue weighted by Gasteiger charge is 2.30. The molecule has 0 unspecified atom stereocenters. The normalized spacial score (nSPS) is 16.6. The molecular formula is C22H25N3O6S2. The summed E-state index contributed by atoms with van der Waals surface area (Å²) >= 11 is 1.44. The number of aromatic nitrogens is 1. The van der Waals surface area contributed by atoms with E-state index in [0.717, 1.165) is 44.1 Å². The molecule has 0 aliphatic carbocycles. The van der Waals surface area contributed by atoms with E-state index < -0.39 is 9.84 Å². The average molecular weight is 492 g/mol. The van der Waals surface area contributed by atoms with Crippen LogP contribution in [0.2, 0.25) is 0 Å². The van der Waals surface area contributed by atoms with Crippen LogP contribution in [0.5, 0.6) is 11.5 Å². The first-order chi connectivity index (χ1) is 16.1. The van der Waals surface area contributed by atoms with E-state index in [4.69, 9.17) is 18.6 Å². The SMILES string of the molecule is O=S(=O)(c1ccc2c(c1)OCCO2)c1nc(-c2cccs2)oc1NCCCN1CCOCC1. The number of nitrogens with zero attached hydrogens (tertiary/aromatic N) is 2. The van der Waals surface area contributed by atoms with Crippen LogP contribution in [0, 0.1) is 0 Å². The summed E-state index contributed by atoms with van der Waals surface area (Å²) in [6.45, 7) is 5.58. The third-order valence-corrected chi connectivity index (χ3v) is 7.97. The second kappa shape index (κ2) is 9.72. The highest BCUT2D eigenvalue weighted by Crippen LogP contribution is 2.37. The lowest BCUT2D eigenvalue weighted by Gasteiger charge is -2.26. The Balaban J connectivity index is 1.39. The molecule has 0 radical (unpaired) electrons. The van der Waals surface area contributed by atoms with E-state index in [2.05, 4.69) is 15.2 Å². The lowest BCUT2D eigenvalue weighted by Crippen LogP contribution is -2.37. The highest BCUT2D eigenvalue weighted by molar-refractivity contribution is 7.91. The van der Waals surface area contributed by atoms with E-state index in [1.807, 2.05) is 17.5 Å². The molecule has 0 atom stereocenters. The number of ether oxygens (including phenoxy) is 3. The van der Waals surface area contributed by atoms with Crippen molar-refractivity contribution >= 4 is 27.1 Å². The molecule has 1 aromatic carbocycles. The molecule has 176 valence electrons. The van der Waals surface area contributed by atoms with Gasteiger partial charge in [0.05, 0.1) is 23.0 Å². The zero-order chi connectivity index (χ0) is 22.7. The van der Waals surface area contributed by atoms with Gasteiger partial charge in [0.2, 0.25) is 26.6 Å². The first-order valence-corrected chi connectivity index (χ1v) is 13.2. The van der Waals surface area contributed by atoms with Crippen molar-refractivity contribution in [3.05, 3.63) is 35.7 Å². The Morgan fingerprint density at radius 3 is 2.67 bits per heavy atom. The number of fused-ring (bicyclic) bond motifs is 1. The zero-order valence-corrected chi connectivity index (χ0v) is 19.6. The van der Waals surface area contributed by atoms with Gasteiger partial charge in [0.1, 0.15) is 13.2 Å². The van der Waals surface area contributed by atoms with E-state index in [9.17, 15) is 8.42 Å². The summed E-state index contributed by atoms with van der Waals surface area (Å²) in [5, 5.41) is 4.92. The molecule has 33 heavy (non-hydrogen) atoms. The fraction of sp³-hybridized carbons (Fsp3) is 0.409. The molecule has 0 amide bonds. The Morgan fingerprint density at radius 1 is 1.06 bits per heavy atom. The summed E-state index contributed by atoms with van der Waals surface area (Å²) in [5.74, 6) is 1.36. The third kappa shape index (κ3) is 4.86. The number of thiophene rings is 1. The molecule has 0 bridgehead atoms. The molecule has 2 aromatic heterocycles. The van der Waals surface area contributed by atoms with Crippen LogP contribution in [0.4, 0.5) is 5.88 Å². The van der Waals surface area contributed by atoms with Gasteiger partial charge in [0.15, 0.2) is 11.5 Å². The van der Waals surface area contributed by atoms with E-state index in [0.29, 0.717) is 31.3 Å². The Kier molecular flexibility index (Phi) is 6.54. The Morgan fingerprint density at radius 2 is 1.88 bits per heavy atom. The van der Waals surface area contributed by atoms with Crippen molar-refractivity contribution in [2.24, 2.45) is 0 Å². The van der Waals surface area contributed by atoms with Crippen molar-refractivity contribution in [2.75, 3.05) is 57.9 Å². The van der Waals surface area contributed by atoms with E-state index in [1.54, 1.807) is 6.07 Å². The summed E-state index contributed by atoms with van der Waals surface area (Å²) in [4.78, 5) is 7.54. The van der Waals surface area contributed by atoms with Gasteiger partial charge in [-0.15, -0.1) is 11.3 Å². The molecule has 0 saturated carbocycles. The topological polar surface area (TPSA) is 103 Å². The molecule has 1 fully saturated rings. The van der Waals surface area contributed by atoms with Crippen molar-refractivity contribution in [3.8, 4) is 22.3 Å². The number of anilines is 1. The first kappa shape index (κ1) is 22.2. The van der Waals surface area contributed by atoms with Crippen LogP contribution in [0.15, 0.2) is 50.1 Å². The van der Waals surface area contributed by atoms with Gasteiger partial charge >= 0.3 is 0 Å². The number of hydrogen-bond donors (Lipinski definition) is 1. The summed E-state index contributed by atoms with van der Waals surface area (Å²) in [7, 11) is -3.96. The number of rotatable bonds is 8. The lowest BCUT2D eigenvalue weighted by atomic mass is 10.3. The molecule has 5 rings (SSSR count). The molecule has 1 N–H and O–H groups in total. The summed E-state index contributed by atoms with van der Waals surface area (Å²) in [6.07, 6.45) is 0.832. The summed E-state index contributed by atoms with van der Waals surface area (Å²) in [6, 6.07) is 8.31. The first-order valence-electron chi connectivity index (χ1n) is 10.8. The van der Waals surface area contributed by atoms with Gasteiger partial charge < -0.3 is 23.9 Å². The molecule has 9 nitrogen and oxygen atoms in total. The van der Waals surface area contributed by atoms with Crippen LogP contribution in [-0.4, -0.2) is 70.9 Å². The number of oxazole rings is 1. The fourth-order valence-corrected chi connectivity index (χ4v) is 5.68. The minimum atomic E-state index is -3.96. The van der Waals surface area contributed by atoms with Gasteiger partial charge in [-0.3, -0.25) is 4.90 Å². The van der Waals surface area contributed by atoms with Crippen LogP contribution in [0.1, 0.15) is 6.42 Å². The van der Waals surface area contributed by atoms with Gasteiger partial charge in [-0.05, 0) is 36.5 Å². The molecule has 4 heterocycles. The van der Waals surface area contributed by atoms with Gasteiger partial charge in [0, 0.05) is 25.7 Å². The Bertz CT molecular complexity index is 1190.